The Labute approximate surface area is 204 Å². The molecule has 0 unspecified atom stereocenters. The zero-order valence-electron chi connectivity index (χ0n) is 20.1. The molecule has 0 atom stereocenters. The number of halogens is 3. The van der Waals surface area contributed by atoms with Crippen LogP contribution in [0, 0.1) is 29.4 Å². The van der Waals surface area contributed by atoms with Gasteiger partial charge in [0.2, 0.25) is 0 Å². The maximum Gasteiger partial charge on any atom is 0.134 e. The van der Waals surface area contributed by atoms with Gasteiger partial charge in [-0.2, -0.15) is 0 Å². The van der Waals surface area contributed by atoms with Crippen LogP contribution in [0.15, 0.2) is 36.4 Å². The molecule has 0 bridgehead atoms. The van der Waals surface area contributed by atoms with Crippen LogP contribution in [0.3, 0.4) is 0 Å². The third-order valence-electron chi connectivity index (χ3n) is 8.43. The topological polar surface area (TPSA) is 0 Å². The lowest BCUT2D eigenvalue weighted by atomic mass is 9.74. The summed E-state index contributed by atoms with van der Waals surface area (Å²) in [6.07, 6.45) is 17.1. The fraction of sp³-hybridized carbons (Fsp3) is 0.600. The Morgan fingerprint density at radius 3 is 1.73 bits per heavy atom. The second-order valence-corrected chi connectivity index (χ2v) is 11.1. The second kappa shape index (κ2) is 11.8. The fourth-order valence-electron chi connectivity index (χ4n) is 6.28. The SMILES string of the molecule is CCCC[C@H]1CC[C@H](CCC2CCC(c3cc(F)c(-c4ccc(Cl)cc4)c(F)c3)CC2)CC1. The quantitative estimate of drug-likeness (QED) is 0.358. The summed E-state index contributed by atoms with van der Waals surface area (Å²) in [6.45, 7) is 2.30. The largest absolute Gasteiger partial charge is 0.206 e. The summed E-state index contributed by atoms with van der Waals surface area (Å²) in [7, 11) is 0. The highest BCUT2D eigenvalue weighted by Crippen LogP contribution is 2.41. The average molecular weight is 473 g/mol. The van der Waals surface area contributed by atoms with Gasteiger partial charge in [-0.25, -0.2) is 8.78 Å². The van der Waals surface area contributed by atoms with E-state index in [1.807, 2.05) is 0 Å². The number of hydrogen-bond donors (Lipinski definition) is 0. The average Bonchev–Trinajstić information content (AvgIpc) is 2.83. The lowest BCUT2D eigenvalue weighted by molar-refractivity contribution is 0.222. The number of benzene rings is 2. The molecule has 0 radical (unpaired) electrons. The van der Waals surface area contributed by atoms with Gasteiger partial charge in [0.05, 0.1) is 5.56 Å². The van der Waals surface area contributed by atoms with Crippen LogP contribution in [-0.4, -0.2) is 0 Å². The van der Waals surface area contributed by atoms with E-state index in [1.165, 1.54) is 70.6 Å². The van der Waals surface area contributed by atoms with Crippen LogP contribution in [0.5, 0.6) is 0 Å². The summed E-state index contributed by atoms with van der Waals surface area (Å²) in [5.41, 5.74) is 1.41. The van der Waals surface area contributed by atoms with Crippen molar-refractivity contribution in [3.05, 3.63) is 58.6 Å². The van der Waals surface area contributed by atoms with Crippen LogP contribution >= 0.6 is 11.6 Å². The molecule has 0 heterocycles. The van der Waals surface area contributed by atoms with E-state index in [0.717, 1.165) is 36.2 Å². The van der Waals surface area contributed by atoms with E-state index in [2.05, 4.69) is 6.92 Å². The fourth-order valence-corrected chi connectivity index (χ4v) is 6.40. The van der Waals surface area contributed by atoms with Gasteiger partial charge >= 0.3 is 0 Å². The molecule has 180 valence electrons. The Hall–Kier alpha value is -1.41. The van der Waals surface area contributed by atoms with Gasteiger partial charge in [-0.05, 0) is 84.7 Å². The Balaban J connectivity index is 1.26. The first kappa shape index (κ1) is 24.7. The molecule has 0 aromatic heterocycles. The molecule has 2 aliphatic carbocycles. The molecule has 33 heavy (non-hydrogen) atoms. The monoisotopic (exact) mass is 472 g/mol. The summed E-state index contributed by atoms with van der Waals surface area (Å²) in [4.78, 5) is 0. The van der Waals surface area contributed by atoms with E-state index >= 15 is 0 Å². The van der Waals surface area contributed by atoms with Gasteiger partial charge in [0.15, 0.2) is 0 Å². The first-order valence-corrected chi connectivity index (χ1v) is 13.7. The Kier molecular flexibility index (Phi) is 8.85. The lowest BCUT2D eigenvalue weighted by Gasteiger charge is -2.32. The van der Waals surface area contributed by atoms with Crippen molar-refractivity contribution >= 4 is 11.6 Å². The van der Waals surface area contributed by atoms with E-state index in [4.69, 9.17) is 11.6 Å². The van der Waals surface area contributed by atoms with Crippen LogP contribution in [0.4, 0.5) is 8.78 Å². The zero-order chi connectivity index (χ0) is 23.2. The van der Waals surface area contributed by atoms with Crippen LogP contribution in [0.25, 0.3) is 11.1 Å². The predicted octanol–water partition coefficient (Wildman–Crippen LogP) is 10.3. The molecule has 4 rings (SSSR count). The molecule has 2 aromatic carbocycles. The molecule has 3 heteroatoms. The number of unbranched alkanes of at least 4 members (excludes halogenated alkanes) is 1. The Morgan fingerprint density at radius 1 is 0.727 bits per heavy atom. The first-order valence-electron chi connectivity index (χ1n) is 13.3. The molecule has 0 nitrogen and oxygen atoms in total. The first-order chi connectivity index (χ1) is 16.0. The van der Waals surface area contributed by atoms with Crippen molar-refractivity contribution in [2.45, 2.75) is 96.3 Å². The highest BCUT2D eigenvalue weighted by Gasteiger charge is 2.26. The second-order valence-electron chi connectivity index (χ2n) is 10.7. The molecule has 2 aliphatic rings. The smallest absolute Gasteiger partial charge is 0.134 e. The van der Waals surface area contributed by atoms with Gasteiger partial charge in [-0.15, -0.1) is 0 Å². The van der Waals surface area contributed by atoms with Crippen LogP contribution < -0.4 is 0 Å². The summed E-state index contributed by atoms with van der Waals surface area (Å²) in [6, 6.07) is 9.81. The molecule has 0 saturated heterocycles. The maximum atomic E-state index is 14.9. The minimum absolute atomic E-state index is 0.0496. The van der Waals surface area contributed by atoms with E-state index in [1.54, 1.807) is 36.4 Å². The summed E-state index contributed by atoms with van der Waals surface area (Å²) in [5.74, 6) is 2.06. The number of rotatable bonds is 8. The van der Waals surface area contributed by atoms with Crippen molar-refractivity contribution in [1.82, 2.24) is 0 Å². The van der Waals surface area contributed by atoms with Gasteiger partial charge in [0, 0.05) is 5.02 Å². The molecule has 0 spiro atoms. The van der Waals surface area contributed by atoms with Crippen LogP contribution in [-0.2, 0) is 0 Å². The van der Waals surface area contributed by atoms with Gasteiger partial charge in [-0.3, -0.25) is 0 Å². The van der Waals surface area contributed by atoms with E-state index in [-0.39, 0.29) is 11.5 Å². The molecule has 2 saturated carbocycles. The molecular formula is C30H39ClF2. The van der Waals surface area contributed by atoms with Gasteiger partial charge in [0.1, 0.15) is 11.6 Å². The van der Waals surface area contributed by atoms with Crippen molar-refractivity contribution in [1.29, 1.82) is 0 Å². The van der Waals surface area contributed by atoms with Crippen LogP contribution in [0.1, 0.15) is 102 Å². The van der Waals surface area contributed by atoms with Gasteiger partial charge in [-0.1, -0.05) is 88.4 Å². The third-order valence-corrected chi connectivity index (χ3v) is 8.68. The third kappa shape index (κ3) is 6.59. The molecule has 0 N–H and O–H groups in total. The Bertz CT molecular complexity index is 852. The Morgan fingerprint density at radius 2 is 1.21 bits per heavy atom. The standard InChI is InChI=1S/C30H39ClF2/c1-2-3-4-21-5-7-22(8-6-21)9-10-23-11-13-24(14-12-23)26-19-28(32)30(29(33)20-26)25-15-17-27(31)18-16-25/h15-24H,2-14H2,1H3/t21-,22-,23?,24?. The summed E-state index contributed by atoms with van der Waals surface area (Å²) < 4.78 is 29.8. The van der Waals surface area contributed by atoms with E-state index in [9.17, 15) is 8.78 Å². The van der Waals surface area contributed by atoms with Crippen molar-refractivity contribution in [3.63, 3.8) is 0 Å². The molecule has 0 aliphatic heterocycles. The maximum absolute atomic E-state index is 14.9. The van der Waals surface area contributed by atoms with Gasteiger partial charge < -0.3 is 0 Å². The summed E-state index contributed by atoms with van der Waals surface area (Å²) in [5, 5.41) is 0.563. The van der Waals surface area contributed by atoms with Crippen molar-refractivity contribution in [2.24, 2.45) is 17.8 Å². The molecule has 0 amide bonds. The summed E-state index contributed by atoms with van der Waals surface area (Å²) >= 11 is 5.92. The van der Waals surface area contributed by atoms with Gasteiger partial charge in [0.25, 0.3) is 0 Å². The highest BCUT2D eigenvalue weighted by molar-refractivity contribution is 6.30. The molecule has 2 aromatic rings. The predicted molar refractivity (Wildman–Crippen MR) is 136 cm³/mol. The van der Waals surface area contributed by atoms with Crippen molar-refractivity contribution in [3.8, 4) is 11.1 Å². The zero-order valence-corrected chi connectivity index (χ0v) is 20.9. The van der Waals surface area contributed by atoms with Crippen molar-refractivity contribution in [2.75, 3.05) is 0 Å². The number of hydrogen-bond acceptors (Lipinski definition) is 0. The normalized spacial score (nSPS) is 25.8. The van der Waals surface area contributed by atoms with Crippen LogP contribution in [0.2, 0.25) is 5.02 Å². The minimum Gasteiger partial charge on any atom is -0.206 e. The molecular weight excluding hydrogens is 434 g/mol. The minimum atomic E-state index is -0.469. The van der Waals surface area contributed by atoms with Crippen molar-refractivity contribution < 1.29 is 8.78 Å². The molecule has 2 fully saturated rings. The van der Waals surface area contributed by atoms with E-state index in [0.29, 0.717) is 10.6 Å². The highest BCUT2D eigenvalue weighted by atomic mass is 35.5. The van der Waals surface area contributed by atoms with E-state index < -0.39 is 11.6 Å². The lowest BCUT2D eigenvalue weighted by Crippen LogP contribution is -2.18.